The van der Waals surface area contributed by atoms with E-state index in [9.17, 15) is 14.0 Å². The highest BCUT2D eigenvalue weighted by molar-refractivity contribution is 5.95. The van der Waals surface area contributed by atoms with E-state index in [1.807, 2.05) is 30.3 Å². The maximum Gasteiger partial charge on any atom is 0.408 e. The van der Waals surface area contributed by atoms with E-state index in [-0.39, 0.29) is 36.1 Å². The molecule has 2 fully saturated rings. The zero-order valence-corrected chi connectivity index (χ0v) is 18.2. The Morgan fingerprint density at radius 2 is 1.77 bits per heavy atom. The van der Waals surface area contributed by atoms with Gasteiger partial charge in [-0.15, -0.1) is 12.4 Å². The second-order valence-corrected chi connectivity index (χ2v) is 8.26. The molecule has 0 aliphatic carbocycles. The fraction of sp³-hybridized carbons (Fsp3) is 0.417. The lowest BCUT2D eigenvalue weighted by Gasteiger charge is -2.45. The van der Waals surface area contributed by atoms with Crippen LogP contribution in [-0.2, 0) is 4.74 Å². The summed E-state index contributed by atoms with van der Waals surface area (Å²) in [4.78, 5) is 26.8. The number of ketones is 1. The number of hydrogen-bond acceptors (Lipinski definition) is 4. The molecule has 7 heteroatoms. The largest absolute Gasteiger partial charge is 0.443 e. The third-order valence-electron chi connectivity index (χ3n) is 6.19. The predicted octanol–water partition coefficient (Wildman–Crippen LogP) is 4.92. The first kappa shape index (κ1) is 23.2. The minimum atomic E-state index is -0.413. The first-order valence-corrected chi connectivity index (χ1v) is 10.6. The molecule has 1 spiro atoms. The van der Waals surface area contributed by atoms with Gasteiger partial charge in [0.2, 0.25) is 0 Å². The molecule has 0 aromatic heterocycles. The molecule has 166 valence electrons. The average molecular weight is 447 g/mol. The second-order valence-electron chi connectivity index (χ2n) is 8.26. The van der Waals surface area contributed by atoms with E-state index >= 15 is 0 Å². The van der Waals surface area contributed by atoms with Gasteiger partial charge in [0.15, 0.2) is 5.78 Å². The summed E-state index contributed by atoms with van der Waals surface area (Å²) >= 11 is 0. The van der Waals surface area contributed by atoms with Crippen LogP contribution in [0.15, 0.2) is 54.6 Å². The average Bonchev–Trinajstić information content (AvgIpc) is 2.76. The molecule has 0 saturated carbocycles. The van der Waals surface area contributed by atoms with Crippen molar-refractivity contribution in [3.05, 3.63) is 71.5 Å². The molecule has 2 aromatic carbocycles. The van der Waals surface area contributed by atoms with Gasteiger partial charge in [-0.1, -0.05) is 30.3 Å². The highest BCUT2D eigenvalue weighted by atomic mass is 35.5. The van der Waals surface area contributed by atoms with Gasteiger partial charge in [0, 0.05) is 44.3 Å². The van der Waals surface area contributed by atoms with Crippen molar-refractivity contribution < 1.29 is 18.7 Å². The smallest absolute Gasteiger partial charge is 0.408 e. The van der Waals surface area contributed by atoms with Crippen LogP contribution < -0.4 is 5.32 Å². The molecule has 1 atom stereocenters. The van der Waals surface area contributed by atoms with Crippen LogP contribution in [0.1, 0.15) is 54.1 Å². The number of likely N-dealkylation sites (tertiary alicyclic amines) is 1. The van der Waals surface area contributed by atoms with Gasteiger partial charge in [0.1, 0.15) is 11.4 Å². The van der Waals surface area contributed by atoms with Gasteiger partial charge >= 0.3 is 6.09 Å². The number of alkyl carbamates (subject to hydrolysis) is 1. The molecule has 2 aliphatic heterocycles. The summed E-state index contributed by atoms with van der Waals surface area (Å²) < 4.78 is 18.8. The number of Topliss-reactive ketones (excluding diaryl/α,β-unsaturated/α-hetero) is 1. The third kappa shape index (κ3) is 5.83. The maximum absolute atomic E-state index is 13.0. The van der Waals surface area contributed by atoms with Gasteiger partial charge in [0.25, 0.3) is 0 Å². The van der Waals surface area contributed by atoms with Crippen molar-refractivity contribution in [3.8, 4) is 0 Å². The van der Waals surface area contributed by atoms with Crippen LogP contribution >= 0.6 is 12.4 Å². The zero-order valence-electron chi connectivity index (χ0n) is 17.4. The summed E-state index contributed by atoms with van der Waals surface area (Å²) in [6.45, 7) is 2.52. The number of piperidine rings is 1. The molecule has 2 heterocycles. The summed E-state index contributed by atoms with van der Waals surface area (Å²) in [6, 6.07) is 15.7. The molecule has 5 nitrogen and oxygen atoms in total. The molecular formula is C24H28ClFN2O3. The van der Waals surface area contributed by atoms with E-state index in [4.69, 9.17) is 4.74 Å². The minimum Gasteiger partial charge on any atom is -0.443 e. The minimum absolute atomic E-state index is 0. The van der Waals surface area contributed by atoms with Crippen molar-refractivity contribution in [2.45, 2.75) is 43.7 Å². The molecule has 2 saturated heterocycles. The number of benzene rings is 2. The van der Waals surface area contributed by atoms with Crippen LogP contribution in [0.25, 0.3) is 0 Å². The summed E-state index contributed by atoms with van der Waals surface area (Å²) in [5.41, 5.74) is 1.25. The summed E-state index contributed by atoms with van der Waals surface area (Å²) in [7, 11) is 0. The standard InChI is InChI=1S/C24H27FN2O3.ClH/c25-20-10-8-19(9-11-20)22(28)7-4-14-27-15-12-24(13-16-27)17-21(26-23(29)30-24)18-5-2-1-3-6-18;/h1-3,5-6,8-11,21H,4,7,12-17H2,(H,26,29);1H. The highest BCUT2D eigenvalue weighted by Crippen LogP contribution is 2.38. The van der Waals surface area contributed by atoms with Gasteiger partial charge in [-0.05, 0) is 42.8 Å². The van der Waals surface area contributed by atoms with E-state index in [0.717, 1.165) is 50.9 Å². The van der Waals surface area contributed by atoms with E-state index in [1.54, 1.807) is 0 Å². The molecule has 2 aromatic rings. The maximum atomic E-state index is 13.0. The first-order valence-electron chi connectivity index (χ1n) is 10.6. The molecule has 1 amide bonds. The van der Waals surface area contributed by atoms with Crippen LogP contribution in [0.2, 0.25) is 0 Å². The summed E-state index contributed by atoms with van der Waals surface area (Å²) in [5, 5.41) is 2.95. The first-order chi connectivity index (χ1) is 14.5. The number of amides is 1. The van der Waals surface area contributed by atoms with E-state index in [0.29, 0.717) is 12.0 Å². The van der Waals surface area contributed by atoms with E-state index in [1.165, 1.54) is 24.3 Å². The fourth-order valence-corrected chi connectivity index (χ4v) is 4.45. The number of carbonyl (C=O) groups excluding carboxylic acids is 2. The van der Waals surface area contributed by atoms with Crippen molar-refractivity contribution in [3.63, 3.8) is 0 Å². The van der Waals surface area contributed by atoms with Crippen molar-refractivity contribution >= 4 is 24.3 Å². The van der Waals surface area contributed by atoms with Gasteiger partial charge in [0.05, 0.1) is 6.04 Å². The Morgan fingerprint density at radius 1 is 1.10 bits per heavy atom. The predicted molar refractivity (Wildman–Crippen MR) is 119 cm³/mol. The lowest BCUT2D eigenvalue weighted by Crippen LogP contribution is -2.54. The Morgan fingerprint density at radius 3 is 2.45 bits per heavy atom. The lowest BCUT2D eigenvalue weighted by atomic mass is 9.82. The number of nitrogens with zero attached hydrogens (tertiary/aromatic N) is 1. The van der Waals surface area contributed by atoms with Crippen molar-refractivity contribution in [1.82, 2.24) is 10.2 Å². The van der Waals surface area contributed by atoms with Crippen LogP contribution in [0.5, 0.6) is 0 Å². The van der Waals surface area contributed by atoms with Crippen LogP contribution in [0, 0.1) is 5.82 Å². The van der Waals surface area contributed by atoms with Crippen molar-refractivity contribution in [2.24, 2.45) is 0 Å². The molecule has 4 rings (SSSR count). The lowest BCUT2D eigenvalue weighted by molar-refractivity contribution is -0.0657. The Balaban J connectivity index is 0.00000272. The third-order valence-corrected chi connectivity index (χ3v) is 6.19. The Kier molecular flexibility index (Phi) is 7.68. The monoisotopic (exact) mass is 446 g/mol. The number of carbonyl (C=O) groups is 2. The normalized spacial score (nSPS) is 20.4. The van der Waals surface area contributed by atoms with Crippen molar-refractivity contribution in [2.75, 3.05) is 19.6 Å². The molecular weight excluding hydrogens is 419 g/mol. The topological polar surface area (TPSA) is 58.6 Å². The highest BCUT2D eigenvalue weighted by Gasteiger charge is 2.44. The Hall–Kier alpha value is -2.44. The number of hydrogen-bond donors (Lipinski definition) is 1. The molecule has 1 unspecified atom stereocenters. The number of ether oxygens (including phenoxy) is 1. The molecule has 0 radical (unpaired) electrons. The molecule has 1 N–H and O–H groups in total. The number of nitrogens with one attached hydrogen (secondary N) is 1. The Labute approximate surface area is 188 Å². The zero-order chi connectivity index (χ0) is 21.0. The SMILES string of the molecule is Cl.O=C1NC(c2ccccc2)CC2(CCN(CCCC(=O)c3ccc(F)cc3)CC2)O1. The van der Waals surface area contributed by atoms with Crippen LogP contribution in [-0.4, -0.2) is 42.0 Å². The number of halogens is 2. The van der Waals surface area contributed by atoms with Gasteiger partial charge in [-0.25, -0.2) is 9.18 Å². The molecule has 0 bridgehead atoms. The van der Waals surface area contributed by atoms with Crippen LogP contribution in [0.3, 0.4) is 0 Å². The number of rotatable bonds is 6. The van der Waals surface area contributed by atoms with E-state index in [2.05, 4.69) is 10.2 Å². The summed E-state index contributed by atoms with van der Waals surface area (Å²) in [6.07, 6.45) is 3.25. The van der Waals surface area contributed by atoms with Gasteiger partial charge in [-0.3, -0.25) is 4.79 Å². The van der Waals surface area contributed by atoms with Gasteiger partial charge < -0.3 is 15.0 Å². The molecule has 31 heavy (non-hydrogen) atoms. The Bertz CT molecular complexity index is 883. The second kappa shape index (κ2) is 10.2. The molecule has 2 aliphatic rings. The van der Waals surface area contributed by atoms with Gasteiger partial charge in [-0.2, -0.15) is 0 Å². The summed E-state index contributed by atoms with van der Waals surface area (Å²) in [5.74, 6) is -0.289. The van der Waals surface area contributed by atoms with Crippen LogP contribution in [0.4, 0.5) is 9.18 Å². The fourth-order valence-electron chi connectivity index (χ4n) is 4.45. The van der Waals surface area contributed by atoms with E-state index < -0.39 is 5.60 Å². The van der Waals surface area contributed by atoms with Crippen molar-refractivity contribution in [1.29, 1.82) is 0 Å². The quantitative estimate of drug-likeness (QED) is 0.640.